The number of likely N-dealkylation sites (tertiary alicyclic amines) is 1. The number of anilines is 1. The largest absolute Gasteiger partial charge is 0.339 e. The summed E-state index contributed by atoms with van der Waals surface area (Å²) in [6.45, 7) is 6.33. The van der Waals surface area contributed by atoms with Crippen molar-refractivity contribution in [3.05, 3.63) is 65.2 Å². The van der Waals surface area contributed by atoms with Crippen LogP contribution in [0.2, 0.25) is 0 Å². The van der Waals surface area contributed by atoms with Gasteiger partial charge in [-0.25, -0.2) is 4.79 Å². The normalized spacial score (nSPS) is 14.6. The predicted octanol–water partition coefficient (Wildman–Crippen LogP) is 4.53. The molecule has 28 heavy (non-hydrogen) atoms. The molecule has 1 aliphatic heterocycles. The summed E-state index contributed by atoms with van der Waals surface area (Å²) < 4.78 is 0. The summed E-state index contributed by atoms with van der Waals surface area (Å²) >= 11 is 0. The van der Waals surface area contributed by atoms with Crippen molar-refractivity contribution in [3.63, 3.8) is 0 Å². The van der Waals surface area contributed by atoms with Crippen molar-refractivity contribution in [2.75, 3.05) is 25.5 Å². The van der Waals surface area contributed by atoms with E-state index >= 15 is 0 Å². The Morgan fingerprint density at radius 3 is 2.43 bits per heavy atom. The topological polar surface area (TPSA) is 52.7 Å². The zero-order valence-electron chi connectivity index (χ0n) is 16.9. The SMILES string of the molecule is Cc1cc(C(=O)N2CCC(C)CC2)ccc1NC(=O)N(C)Cc1ccccc1. The van der Waals surface area contributed by atoms with E-state index in [4.69, 9.17) is 0 Å². The Balaban J connectivity index is 1.62. The van der Waals surface area contributed by atoms with Crippen LogP contribution in [0.5, 0.6) is 0 Å². The maximum Gasteiger partial charge on any atom is 0.321 e. The van der Waals surface area contributed by atoms with Crippen molar-refractivity contribution in [2.45, 2.75) is 33.2 Å². The summed E-state index contributed by atoms with van der Waals surface area (Å²) in [5, 5.41) is 2.94. The number of rotatable bonds is 4. The van der Waals surface area contributed by atoms with E-state index in [1.165, 1.54) is 0 Å². The fourth-order valence-corrected chi connectivity index (χ4v) is 3.47. The number of hydrogen-bond donors (Lipinski definition) is 1. The number of amides is 3. The van der Waals surface area contributed by atoms with Crippen LogP contribution in [-0.4, -0.2) is 41.9 Å². The average molecular weight is 380 g/mol. The maximum absolute atomic E-state index is 12.7. The van der Waals surface area contributed by atoms with Crippen LogP contribution in [0.1, 0.15) is 41.3 Å². The fraction of sp³-hybridized carbons (Fsp3) is 0.391. The van der Waals surface area contributed by atoms with Crippen LogP contribution in [-0.2, 0) is 6.54 Å². The second-order valence-electron chi connectivity index (χ2n) is 7.78. The van der Waals surface area contributed by atoms with E-state index in [1.54, 1.807) is 18.0 Å². The number of nitrogens with one attached hydrogen (secondary N) is 1. The van der Waals surface area contributed by atoms with E-state index < -0.39 is 0 Å². The van der Waals surface area contributed by atoms with Crippen LogP contribution < -0.4 is 5.32 Å². The Hall–Kier alpha value is -2.82. The van der Waals surface area contributed by atoms with Crippen molar-refractivity contribution in [2.24, 2.45) is 5.92 Å². The molecule has 1 saturated heterocycles. The highest BCUT2D eigenvalue weighted by Gasteiger charge is 2.22. The first-order valence-corrected chi connectivity index (χ1v) is 9.90. The minimum atomic E-state index is -0.170. The lowest BCUT2D eigenvalue weighted by atomic mass is 9.98. The van der Waals surface area contributed by atoms with E-state index in [9.17, 15) is 9.59 Å². The first-order valence-electron chi connectivity index (χ1n) is 9.90. The fourth-order valence-electron chi connectivity index (χ4n) is 3.47. The number of urea groups is 1. The summed E-state index contributed by atoms with van der Waals surface area (Å²) in [5.74, 6) is 0.769. The number of benzene rings is 2. The summed E-state index contributed by atoms with van der Waals surface area (Å²) in [5.41, 5.74) is 3.38. The number of aryl methyl sites for hydroxylation is 1. The third kappa shape index (κ3) is 4.91. The molecule has 1 N–H and O–H groups in total. The molecule has 1 aliphatic rings. The molecule has 5 heteroatoms. The molecule has 2 aromatic rings. The Morgan fingerprint density at radius 1 is 1.11 bits per heavy atom. The van der Waals surface area contributed by atoms with Crippen LogP contribution >= 0.6 is 0 Å². The minimum absolute atomic E-state index is 0.0778. The van der Waals surface area contributed by atoms with Crippen molar-refractivity contribution in [3.8, 4) is 0 Å². The van der Waals surface area contributed by atoms with Gasteiger partial charge >= 0.3 is 6.03 Å². The average Bonchev–Trinajstić information content (AvgIpc) is 2.70. The van der Waals surface area contributed by atoms with Gasteiger partial charge in [-0.15, -0.1) is 0 Å². The number of piperidine rings is 1. The molecule has 0 aliphatic carbocycles. The van der Waals surface area contributed by atoms with Gasteiger partial charge in [0.05, 0.1) is 0 Å². The Bertz CT molecular complexity index is 827. The van der Waals surface area contributed by atoms with Crippen LogP contribution in [0.15, 0.2) is 48.5 Å². The van der Waals surface area contributed by atoms with Crippen molar-refractivity contribution in [1.82, 2.24) is 9.80 Å². The van der Waals surface area contributed by atoms with Crippen molar-refractivity contribution < 1.29 is 9.59 Å². The van der Waals surface area contributed by atoms with Gasteiger partial charge in [-0.1, -0.05) is 37.3 Å². The Kier molecular flexibility index (Phi) is 6.34. The van der Waals surface area contributed by atoms with Gasteiger partial charge in [-0.3, -0.25) is 4.79 Å². The molecule has 3 rings (SSSR count). The van der Waals surface area contributed by atoms with Gasteiger partial charge < -0.3 is 15.1 Å². The lowest BCUT2D eigenvalue weighted by molar-refractivity contribution is 0.0697. The quantitative estimate of drug-likeness (QED) is 0.848. The van der Waals surface area contributed by atoms with E-state index in [0.717, 1.165) is 42.7 Å². The summed E-state index contributed by atoms with van der Waals surface area (Å²) in [6.07, 6.45) is 2.12. The van der Waals surface area contributed by atoms with Crippen molar-refractivity contribution in [1.29, 1.82) is 0 Å². The number of carbonyl (C=O) groups is 2. The van der Waals surface area contributed by atoms with Gasteiger partial charge in [0.15, 0.2) is 0 Å². The highest BCUT2D eigenvalue weighted by molar-refractivity contribution is 5.96. The van der Waals surface area contributed by atoms with Crippen molar-refractivity contribution >= 4 is 17.6 Å². The number of nitrogens with zero attached hydrogens (tertiary/aromatic N) is 2. The van der Waals surface area contributed by atoms with Crippen LogP contribution in [0.25, 0.3) is 0 Å². The molecule has 0 unspecified atom stereocenters. The molecule has 0 aromatic heterocycles. The number of carbonyl (C=O) groups excluding carboxylic acids is 2. The van der Waals surface area contributed by atoms with Gasteiger partial charge in [0.1, 0.15) is 0 Å². The first-order chi connectivity index (χ1) is 13.4. The van der Waals surface area contributed by atoms with E-state index in [1.807, 2.05) is 54.3 Å². The second-order valence-corrected chi connectivity index (χ2v) is 7.78. The Labute approximate surface area is 167 Å². The lowest BCUT2D eigenvalue weighted by Crippen LogP contribution is -2.38. The van der Waals surface area contributed by atoms with Gasteiger partial charge in [-0.05, 0) is 55.0 Å². The van der Waals surface area contributed by atoms with Crippen LogP contribution in [0, 0.1) is 12.8 Å². The molecule has 0 atom stereocenters. The highest BCUT2D eigenvalue weighted by atomic mass is 16.2. The molecule has 3 amide bonds. The highest BCUT2D eigenvalue weighted by Crippen LogP contribution is 2.21. The molecule has 1 fully saturated rings. The summed E-state index contributed by atoms with van der Waals surface area (Å²) in [6, 6.07) is 15.2. The first kappa shape index (κ1) is 19.9. The van der Waals surface area contributed by atoms with Gasteiger partial charge in [0.2, 0.25) is 0 Å². The van der Waals surface area contributed by atoms with Crippen LogP contribution in [0.3, 0.4) is 0 Å². The third-order valence-electron chi connectivity index (χ3n) is 5.40. The smallest absolute Gasteiger partial charge is 0.321 e. The minimum Gasteiger partial charge on any atom is -0.339 e. The second kappa shape index (κ2) is 8.91. The zero-order valence-corrected chi connectivity index (χ0v) is 16.9. The molecular weight excluding hydrogens is 350 g/mol. The number of hydrogen-bond acceptors (Lipinski definition) is 2. The van der Waals surface area contributed by atoms with Gasteiger partial charge in [-0.2, -0.15) is 0 Å². The molecule has 1 heterocycles. The summed E-state index contributed by atoms with van der Waals surface area (Å²) in [7, 11) is 1.77. The molecular formula is C23H29N3O2. The van der Waals surface area contributed by atoms with Gasteiger partial charge in [0.25, 0.3) is 5.91 Å². The molecule has 2 aromatic carbocycles. The van der Waals surface area contributed by atoms with Gasteiger partial charge in [0, 0.05) is 37.9 Å². The summed E-state index contributed by atoms with van der Waals surface area (Å²) in [4.78, 5) is 28.8. The predicted molar refractivity (Wildman–Crippen MR) is 112 cm³/mol. The zero-order chi connectivity index (χ0) is 20.1. The lowest BCUT2D eigenvalue weighted by Gasteiger charge is -2.30. The monoisotopic (exact) mass is 379 g/mol. The molecule has 0 saturated carbocycles. The van der Waals surface area contributed by atoms with Crippen LogP contribution in [0.4, 0.5) is 10.5 Å². The third-order valence-corrected chi connectivity index (χ3v) is 5.40. The molecule has 148 valence electrons. The van der Waals surface area contributed by atoms with E-state index in [0.29, 0.717) is 18.0 Å². The molecule has 0 bridgehead atoms. The standard InChI is InChI=1S/C23H29N3O2/c1-17-11-13-26(14-12-17)22(27)20-9-10-21(18(2)15-20)24-23(28)25(3)16-19-7-5-4-6-8-19/h4-10,15,17H,11-14,16H2,1-3H3,(H,24,28). The van der Waals surface area contributed by atoms with E-state index in [-0.39, 0.29) is 11.9 Å². The Morgan fingerprint density at radius 2 is 1.79 bits per heavy atom. The molecule has 5 nitrogen and oxygen atoms in total. The molecule has 0 spiro atoms. The van der Waals surface area contributed by atoms with E-state index in [2.05, 4.69) is 12.2 Å². The maximum atomic E-state index is 12.7. The molecule has 0 radical (unpaired) electrons.